The monoisotopic (exact) mass is 268 g/mol. The van der Waals surface area contributed by atoms with Crippen molar-refractivity contribution in [2.75, 3.05) is 0 Å². The lowest BCUT2D eigenvalue weighted by Gasteiger charge is -2.34. The molecule has 104 valence electrons. The first-order chi connectivity index (χ1) is 9.30. The van der Waals surface area contributed by atoms with Crippen LogP contribution in [0, 0.1) is 5.41 Å². The van der Waals surface area contributed by atoms with Crippen LogP contribution in [0.2, 0.25) is 6.32 Å². The minimum atomic E-state index is -0.162. The van der Waals surface area contributed by atoms with Gasteiger partial charge in [-0.3, -0.25) is 0 Å². The smallest absolute Gasteiger partial charge is 0.328 e. The number of hydrogen-bond donors (Lipinski definition) is 1. The van der Waals surface area contributed by atoms with Crippen LogP contribution in [0.4, 0.5) is 0 Å². The normalized spacial score (nSPS) is 20.5. The molecule has 1 heterocycles. The quantitative estimate of drug-likeness (QED) is 0.801. The van der Waals surface area contributed by atoms with Crippen LogP contribution in [0.5, 0.6) is 5.75 Å². The van der Waals surface area contributed by atoms with Gasteiger partial charge >= 0.3 is 6.92 Å². The zero-order chi connectivity index (χ0) is 14.5. The Hall–Kier alpha value is -1.48. The molecule has 2 aromatic carbocycles. The van der Waals surface area contributed by atoms with E-state index in [0.717, 1.165) is 17.2 Å². The van der Waals surface area contributed by atoms with E-state index < -0.39 is 0 Å². The summed E-state index contributed by atoms with van der Waals surface area (Å²) in [7, 11) is 0. The second kappa shape index (κ2) is 4.26. The van der Waals surface area contributed by atoms with Crippen molar-refractivity contribution in [3.8, 4) is 5.75 Å². The molecule has 0 spiro atoms. The largest absolute Gasteiger partial charge is 0.508 e. The van der Waals surface area contributed by atoms with Crippen molar-refractivity contribution in [3.63, 3.8) is 0 Å². The van der Waals surface area contributed by atoms with Gasteiger partial charge in [-0.05, 0) is 54.0 Å². The van der Waals surface area contributed by atoms with E-state index in [4.69, 9.17) is 4.65 Å². The van der Waals surface area contributed by atoms with E-state index in [2.05, 4.69) is 33.8 Å². The van der Waals surface area contributed by atoms with Crippen molar-refractivity contribution in [2.45, 2.75) is 39.6 Å². The van der Waals surface area contributed by atoms with Gasteiger partial charge in [-0.1, -0.05) is 38.1 Å². The minimum Gasteiger partial charge on any atom is -0.508 e. The Morgan fingerprint density at radius 2 is 1.80 bits per heavy atom. The van der Waals surface area contributed by atoms with Gasteiger partial charge in [0.1, 0.15) is 5.75 Å². The molecule has 0 amide bonds. The van der Waals surface area contributed by atoms with Crippen molar-refractivity contribution >= 4 is 23.2 Å². The molecule has 0 atom stereocenters. The second-order valence-electron chi connectivity index (χ2n) is 6.96. The highest BCUT2D eigenvalue weighted by atomic mass is 16.5. The Bertz CT molecular complexity index is 645. The van der Waals surface area contributed by atoms with Crippen molar-refractivity contribution < 1.29 is 9.76 Å². The predicted octanol–water partition coefficient (Wildman–Crippen LogP) is 3.58. The number of phenolic OH excluding ortho intramolecular Hbond substituents is 1. The molecule has 1 aliphatic heterocycles. The summed E-state index contributed by atoms with van der Waals surface area (Å²) in [6.07, 6.45) is 0.966. The fourth-order valence-electron chi connectivity index (χ4n) is 3.03. The van der Waals surface area contributed by atoms with Gasteiger partial charge in [-0.2, -0.15) is 0 Å². The molecular formula is C17H21BO2. The van der Waals surface area contributed by atoms with Crippen LogP contribution in [0.15, 0.2) is 36.4 Å². The Morgan fingerprint density at radius 1 is 1.10 bits per heavy atom. The standard InChI is InChI=1S/C17H21BO2/c1-16(2)11-18(20-17(16,3)4)15-10-13(19)9-12-7-5-6-8-14(12)15/h5-10,19H,11H2,1-4H3. The summed E-state index contributed by atoms with van der Waals surface area (Å²) in [5.41, 5.74) is 1.05. The van der Waals surface area contributed by atoms with Gasteiger partial charge in [0.15, 0.2) is 0 Å². The predicted molar refractivity (Wildman–Crippen MR) is 84.8 cm³/mol. The Labute approximate surface area is 120 Å². The number of aromatic hydroxyl groups is 1. The third-order valence-electron chi connectivity index (χ3n) is 4.99. The number of benzene rings is 2. The summed E-state index contributed by atoms with van der Waals surface area (Å²) in [5, 5.41) is 12.2. The second-order valence-corrected chi connectivity index (χ2v) is 6.96. The molecule has 1 fully saturated rings. The molecule has 0 bridgehead atoms. The SMILES string of the molecule is CC1(C)CB(c2cc(O)cc3ccccc23)OC1(C)C. The molecule has 0 unspecified atom stereocenters. The Morgan fingerprint density at radius 3 is 2.45 bits per heavy atom. The van der Waals surface area contributed by atoms with E-state index in [-0.39, 0.29) is 17.9 Å². The summed E-state index contributed by atoms with van der Waals surface area (Å²) >= 11 is 0. The van der Waals surface area contributed by atoms with Crippen LogP contribution >= 0.6 is 0 Å². The molecule has 0 saturated carbocycles. The van der Waals surface area contributed by atoms with Crippen LogP contribution in [0.1, 0.15) is 27.7 Å². The third kappa shape index (κ3) is 2.01. The zero-order valence-corrected chi connectivity index (χ0v) is 12.6. The van der Waals surface area contributed by atoms with Gasteiger partial charge in [0.2, 0.25) is 0 Å². The maximum absolute atomic E-state index is 9.98. The molecule has 1 aliphatic rings. The van der Waals surface area contributed by atoms with E-state index in [1.165, 1.54) is 5.39 Å². The van der Waals surface area contributed by atoms with Crippen LogP contribution < -0.4 is 5.46 Å². The molecule has 3 rings (SSSR count). The van der Waals surface area contributed by atoms with E-state index >= 15 is 0 Å². The Balaban J connectivity index is 2.12. The topological polar surface area (TPSA) is 29.5 Å². The van der Waals surface area contributed by atoms with E-state index in [0.29, 0.717) is 5.75 Å². The van der Waals surface area contributed by atoms with E-state index in [1.807, 2.05) is 30.3 Å². The molecule has 0 radical (unpaired) electrons. The average Bonchev–Trinajstić information content (AvgIpc) is 2.57. The summed E-state index contributed by atoms with van der Waals surface area (Å²) < 4.78 is 6.30. The summed E-state index contributed by atoms with van der Waals surface area (Å²) in [6.45, 7) is 8.84. The number of rotatable bonds is 1. The van der Waals surface area contributed by atoms with Crippen LogP contribution in [-0.2, 0) is 4.65 Å². The maximum Gasteiger partial charge on any atom is 0.328 e. The van der Waals surface area contributed by atoms with Crippen molar-refractivity contribution in [3.05, 3.63) is 36.4 Å². The molecule has 0 aromatic heterocycles. The molecular weight excluding hydrogens is 247 g/mol. The van der Waals surface area contributed by atoms with Crippen molar-refractivity contribution in [1.29, 1.82) is 0 Å². The lowest BCUT2D eigenvalue weighted by Crippen LogP contribution is -2.36. The van der Waals surface area contributed by atoms with Gasteiger partial charge in [-0.15, -0.1) is 0 Å². The molecule has 3 heteroatoms. The van der Waals surface area contributed by atoms with Crippen LogP contribution in [0.3, 0.4) is 0 Å². The zero-order valence-electron chi connectivity index (χ0n) is 12.6. The summed E-state index contributed by atoms with van der Waals surface area (Å²) in [6, 6.07) is 11.8. The van der Waals surface area contributed by atoms with Gasteiger partial charge < -0.3 is 9.76 Å². The number of fused-ring (bicyclic) bond motifs is 1. The fraction of sp³-hybridized carbons (Fsp3) is 0.412. The van der Waals surface area contributed by atoms with Gasteiger partial charge in [0.05, 0.1) is 5.60 Å². The summed E-state index contributed by atoms with van der Waals surface area (Å²) in [5.74, 6) is 0.310. The Kier molecular flexibility index (Phi) is 2.88. The fourth-order valence-corrected chi connectivity index (χ4v) is 3.03. The minimum absolute atomic E-state index is 0.0389. The maximum atomic E-state index is 9.98. The first-order valence-electron chi connectivity index (χ1n) is 7.20. The number of hydrogen-bond acceptors (Lipinski definition) is 2. The molecule has 2 nitrogen and oxygen atoms in total. The lowest BCUT2D eigenvalue weighted by molar-refractivity contribution is 0.0376. The van der Waals surface area contributed by atoms with Crippen LogP contribution in [0.25, 0.3) is 10.8 Å². The molecule has 2 aromatic rings. The average molecular weight is 268 g/mol. The number of phenols is 1. The van der Waals surface area contributed by atoms with E-state index in [9.17, 15) is 5.11 Å². The first-order valence-corrected chi connectivity index (χ1v) is 7.20. The highest BCUT2D eigenvalue weighted by Crippen LogP contribution is 2.45. The molecule has 1 saturated heterocycles. The van der Waals surface area contributed by atoms with Gasteiger partial charge in [0.25, 0.3) is 0 Å². The highest BCUT2D eigenvalue weighted by Gasteiger charge is 2.50. The lowest BCUT2D eigenvalue weighted by atomic mass is 9.53. The molecule has 20 heavy (non-hydrogen) atoms. The van der Waals surface area contributed by atoms with Gasteiger partial charge in [-0.25, -0.2) is 0 Å². The molecule has 1 N–H and O–H groups in total. The van der Waals surface area contributed by atoms with Crippen molar-refractivity contribution in [1.82, 2.24) is 0 Å². The summed E-state index contributed by atoms with van der Waals surface area (Å²) in [4.78, 5) is 0. The van der Waals surface area contributed by atoms with E-state index in [1.54, 1.807) is 0 Å². The third-order valence-corrected chi connectivity index (χ3v) is 4.99. The van der Waals surface area contributed by atoms with Crippen LogP contribution in [-0.4, -0.2) is 17.6 Å². The van der Waals surface area contributed by atoms with Gasteiger partial charge in [0, 0.05) is 0 Å². The highest BCUT2D eigenvalue weighted by molar-refractivity contribution is 6.71. The van der Waals surface area contributed by atoms with Crippen molar-refractivity contribution in [2.24, 2.45) is 5.41 Å². The molecule has 0 aliphatic carbocycles. The first kappa shape index (κ1) is 13.5.